The van der Waals surface area contributed by atoms with E-state index in [2.05, 4.69) is 50.9 Å². The summed E-state index contributed by atoms with van der Waals surface area (Å²) in [5.41, 5.74) is 8.47. The molecule has 1 aromatic carbocycles. The van der Waals surface area contributed by atoms with Crippen molar-refractivity contribution >= 4 is 21.6 Å². The number of rotatable bonds is 4. The molecule has 0 spiro atoms. The normalized spacial score (nSPS) is 18.6. The molecular weight excluding hydrogens is 302 g/mol. The minimum atomic E-state index is 0.214. The molecule has 106 valence electrons. The van der Waals surface area contributed by atoms with Gasteiger partial charge in [-0.05, 0) is 53.5 Å². The first kappa shape index (κ1) is 14.8. The van der Waals surface area contributed by atoms with Crippen LogP contribution in [0.5, 0.6) is 0 Å². The highest BCUT2D eigenvalue weighted by Crippen LogP contribution is 2.28. The van der Waals surface area contributed by atoms with Gasteiger partial charge in [0.25, 0.3) is 0 Å². The molecule has 4 heteroatoms. The molecule has 3 nitrogen and oxygen atoms in total. The second-order valence-electron chi connectivity index (χ2n) is 5.39. The van der Waals surface area contributed by atoms with Crippen molar-refractivity contribution in [2.45, 2.75) is 26.3 Å². The number of anilines is 1. The summed E-state index contributed by atoms with van der Waals surface area (Å²) in [5, 5.41) is 0. The third kappa shape index (κ3) is 3.94. The third-order valence-electron chi connectivity index (χ3n) is 3.73. The maximum atomic E-state index is 5.85. The highest BCUT2D eigenvalue weighted by atomic mass is 79.9. The van der Waals surface area contributed by atoms with Gasteiger partial charge in [-0.1, -0.05) is 13.0 Å². The maximum absolute atomic E-state index is 5.85. The topological polar surface area (TPSA) is 32.5 Å². The highest BCUT2D eigenvalue weighted by Gasteiger charge is 2.17. The van der Waals surface area contributed by atoms with Crippen LogP contribution < -0.4 is 10.6 Å². The molecule has 1 unspecified atom stereocenters. The standard InChI is InChI=1S/C15H24BrN3/c1-3-18-6-8-19(9-7-18)15-5-4-13(10-12(2)17)11-14(15)16/h4-5,11-12H,3,6-10,17H2,1-2H3. The molecule has 2 rings (SSSR count). The highest BCUT2D eigenvalue weighted by molar-refractivity contribution is 9.10. The van der Waals surface area contributed by atoms with Crippen LogP contribution in [-0.2, 0) is 6.42 Å². The Labute approximate surface area is 124 Å². The summed E-state index contributed by atoms with van der Waals surface area (Å²) in [7, 11) is 0. The van der Waals surface area contributed by atoms with Crippen LogP contribution in [0.1, 0.15) is 19.4 Å². The summed E-state index contributed by atoms with van der Waals surface area (Å²) in [6, 6.07) is 6.86. The Hall–Kier alpha value is -0.580. The zero-order valence-electron chi connectivity index (χ0n) is 11.9. The molecule has 1 saturated heterocycles. The number of hydrogen-bond acceptors (Lipinski definition) is 3. The zero-order chi connectivity index (χ0) is 13.8. The van der Waals surface area contributed by atoms with E-state index in [-0.39, 0.29) is 6.04 Å². The molecule has 0 bridgehead atoms. The lowest BCUT2D eigenvalue weighted by Gasteiger charge is -2.36. The van der Waals surface area contributed by atoms with E-state index in [1.54, 1.807) is 0 Å². The van der Waals surface area contributed by atoms with Crippen LogP contribution in [0.25, 0.3) is 0 Å². The molecule has 19 heavy (non-hydrogen) atoms. The van der Waals surface area contributed by atoms with E-state index in [1.807, 2.05) is 6.92 Å². The third-order valence-corrected chi connectivity index (χ3v) is 4.37. The molecule has 1 fully saturated rings. The van der Waals surface area contributed by atoms with Gasteiger partial charge in [0.1, 0.15) is 0 Å². The van der Waals surface area contributed by atoms with Crippen molar-refractivity contribution in [2.75, 3.05) is 37.6 Å². The average molecular weight is 326 g/mol. The van der Waals surface area contributed by atoms with Gasteiger partial charge in [-0.3, -0.25) is 0 Å². The fraction of sp³-hybridized carbons (Fsp3) is 0.600. The number of likely N-dealkylation sites (N-methyl/N-ethyl adjacent to an activating group) is 1. The molecule has 0 amide bonds. The van der Waals surface area contributed by atoms with Crippen LogP contribution in [0, 0.1) is 0 Å². The van der Waals surface area contributed by atoms with E-state index < -0.39 is 0 Å². The Morgan fingerprint density at radius 3 is 2.47 bits per heavy atom. The van der Waals surface area contributed by atoms with Gasteiger partial charge in [0, 0.05) is 36.7 Å². The Bertz CT molecular complexity index is 412. The predicted molar refractivity (Wildman–Crippen MR) is 85.8 cm³/mol. The van der Waals surface area contributed by atoms with Crippen molar-refractivity contribution in [1.29, 1.82) is 0 Å². The first-order valence-electron chi connectivity index (χ1n) is 7.11. The van der Waals surface area contributed by atoms with E-state index >= 15 is 0 Å². The van der Waals surface area contributed by atoms with Crippen molar-refractivity contribution in [3.05, 3.63) is 28.2 Å². The fourth-order valence-electron chi connectivity index (χ4n) is 2.61. The summed E-state index contributed by atoms with van der Waals surface area (Å²) < 4.78 is 1.19. The van der Waals surface area contributed by atoms with Crippen LogP contribution >= 0.6 is 15.9 Å². The van der Waals surface area contributed by atoms with Gasteiger partial charge in [0.05, 0.1) is 5.69 Å². The largest absolute Gasteiger partial charge is 0.368 e. The first-order chi connectivity index (χ1) is 9.10. The second-order valence-corrected chi connectivity index (χ2v) is 6.24. The number of nitrogens with zero attached hydrogens (tertiary/aromatic N) is 2. The Balaban J connectivity index is 2.05. The van der Waals surface area contributed by atoms with Crippen molar-refractivity contribution < 1.29 is 0 Å². The minimum Gasteiger partial charge on any atom is -0.368 e. The molecule has 1 aliphatic rings. The molecule has 1 atom stereocenters. The van der Waals surface area contributed by atoms with Crippen LogP contribution in [0.4, 0.5) is 5.69 Å². The number of halogens is 1. The van der Waals surface area contributed by atoms with Gasteiger partial charge in [-0.15, -0.1) is 0 Å². The number of nitrogens with two attached hydrogens (primary N) is 1. The summed E-state index contributed by atoms with van der Waals surface area (Å²) in [4.78, 5) is 4.96. The summed E-state index contributed by atoms with van der Waals surface area (Å²) >= 11 is 3.71. The Morgan fingerprint density at radius 2 is 1.95 bits per heavy atom. The average Bonchev–Trinajstić information content (AvgIpc) is 2.38. The lowest BCUT2D eigenvalue weighted by atomic mass is 10.1. The van der Waals surface area contributed by atoms with Gasteiger partial charge < -0.3 is 15.5 Å². The van der Waals surface area contributed by atoms with Crippen LogP contribution in [0.15, 0.2) is 22.7 Å². The van der Waals surface area contributed by atoms with Crippen LogP contribution in [-0.4, -0.2) is 43.7 Å². The number of piperazine rings is 1. The Kier molecular flexibility index (Phi) is 5.25. The van der Waals surface area contributed by atoms with E-state index in [4.69, 9.17) is 5.73 Å². The van der Waals surface area contributed by atoms with Gasteiger partial charge in [-0.2, -0.15) is 0 Å². The molecular formula is C15H24BrN3. The van der Waals surface area contributed by atoms with Gasteiger partial charge >= 0.3 is 0 Å². The van der Waals surface area contributed by atoms with Gasteiger partial charge in [0.15, 0.2) is 0 Å². The Morgan fingerprint density at radius 1 is 1.26 bits per heavy atom. The quantitative estimate of drug-likeness (QED) is 0.923. The van der Waals surface area contributed by atoms with Crippen molar-refractivity contribution in [2.24, 2.45) is 5.73 Å². The van der Waals surface area contributed by atoms with Gasteiger partial charge in [-0.25, -0.2) is 0 Å². The molecule has 0 aromatic heterocycles. The molecule has 0 radical (unpaired) electrons. The number of hydrogen-bond donors (Lipinski definition) is 1. The SMILES string of the molecule is CCN1CCN(c2ccc(CC(C)N)cc2Br)CC1. The van der Waals surface area contributed by atoms with Crippen molar-refractivity contribution in [1.82, 2.24) is 4.90 Å². The fourth-order valence-corrected chi connectivity index (χ4v) is 3.29. The molecule has 1 aliphatic heterocycles. The van der Waals surface area contributed by atoms with E-state index in [9.17, 15) is 0 Å². The van der Waals surface area contributed by atoms with E-state index in [1.165, 1.54) is 15.7 Å². The predicted octanol–water partition coefficient (Wildman–Crippen LogP) is 2.48. The smallest absolute Gasteiger partial charge is 0.0511 e. The molecule has 1 aromatic rings. The van der Waals surface area contributed by atoms with Crippen LogP contribution in [0.2, 0.25) is 0 Å². The summed E-state index contributed by atoms with van der Waals surface area (Å²) in [5.74, 6) is 0. The first-order valence-corrected chi connectivity index (χ1v) is 7.90. The molecule has 0 aliphatic carbocycles. The molecule has 0 saturated carbocycles. The number of benzene rings is 1. The van der Waals surface area contributed by atoms with Crippen LogP contribution in [0.3, 0.4) is 0 Å². The minimum absolute atomic E-state index is 0.214. The van der Waals surface area contributed by atoms with Crippen molar-refractivity contribution in [3.8, 4) is 0 Å². The second kappa shape index (κ2) is 6.73. The summed E-state index contributed by atoms with van der Waals surface area (Å²) in [6.45, 7) is 9.97. The maximum Gasteiger partial charge on any atom is 0.0511 e. The van der Waals surface area contributed by atoms with E-state index in [0.717, 1.165) is 39.1 Å². The lowest BCUT2D eigenvalue weighted by molar-refractivity contribution is 0.271. The van der Waals surface area contributed by atoms with Crippen molar-refractivity contribution in [3.63, 3.8) is 0 Å². The molecule has 1 heterocycles. The van der Waals surface area contributed by atoms with E-state index in [0.29, 0.717) is 0 Å². The monoisotopic (exact) mass is 325 g/mol. The molecule has 2 N–H and O–H groups in total. The summed E-state index contributed by atoms with van der Waals surface area (Å²) in [6.07, 6.45) is 0.933. The lowest BCUT2D eigenvalue weighted by Crippen LogP contribution is -2.46. The van der Waals surface area contributed by atoms with Gasteiger partial charge in [0.2, 0.25) is 0 Å². The zero-order valence-corrected chi connectivity index (χ0v) is 13.5.